The van der Waals surface area contributed by atoms with E-state index < -0.39 is 0 Å². The smallest absolute Gasteiger partial charge is 0.253 e. The van der Waals surface area contributed by atoms with Crippen LogP contribution in [-0.4, -0.2) is 59.3 Å². The van der Waals surface area contributed by atoms with Crippen molar-refractivity contribution in [1.82, 2.24) is 20.1 Å². The zero-order chi connectivity index (χ0) is 23.9. The molecule has 6 nitrogen and oxygen atoms in total. The van der Waals surface area contributed by atoms with E-state index in [1.165, 1.54) is 11.1 Å². The Labute approximate surface area is 206 Å². The molecule has 4 rings (SSSR count). The Kier molecular flexibility index (Phi) is 8.32. The Morgan fingerprint density at radius 2 is 1.94 bits per heavy atom. The van der Waals surface area contributed by atoms with Crippen LogP contribution in [0.25, 0.3) is 10.9 Å². The number of aromatic nitrogens is 1. The Hall–Kier alpha value is -2.74. The van der Waals surface area contributed by atoms with E-state index >= 15 is 0 Å². The van der Waals surface area contributed by atoms with E-state index in [-0.39, 0.29) is 11.6 Å². The molecule has 1 unspecified atom stereocenters. The molecule has 0 amide bonds. The minimum absolute atomic E-state index is 0.0629. The topological polar surface area (TPSA) is 60.6 Å². The van der Waals surface area contributed by atoms with Crippen LogP contribution in [0.1, 0.15) is 36.6 Å². The van der Waals surface area contributed by atoms with E-state index in [1.54, 1.807) is 0 Å². The van der Waals surface area contributed by atoms with E-state index in [0.29, 0.717) is 11.7 Å². The third kappa shape index (κ3) is 6.23. The first-order chi connectivity index (χ1) is 16.5. The second kappa shape index (κ2) is 11.6. The summed E-state index contributed by atoms with van der Waals surface area (Å²) in [4.78, 5) is 20.5. The van der Waals surface area contributed by atoms with Gasteiger partial charge in [-0.3, -0.25) is 9.69 Å². The largest absolute Gasteiger partial charge is 0.379 e. The standard InChI is InChI=1S/C27H34N4O2S/c1-3-21-9-10-25-23(17-21)18-24(26(32)29-25)19-31(12-11-30-13-15-33-16-14-30)27(34)28-20(2)22-7-5-4-6-8-22/h4-10,17-18,20H,3,11-16,19H2,1-2H3,(H,28,34)(H,29,32). The van der Waals surface area contributed by atoms with Crippen LogP contribution in [0.5, 0.6) is 0 Å². The minimum atomic E-state index is -0.0629. The monoisotopic (exact) mass is 478 g/mol. The molecule has 1 aromatic heterocycles. The normalized spacial score (nSPS) is 15.2. The maximum absolute atomic E-state index is 12.9. The van der Waals surface area contributed by atoms with Gasteiger partial charge >= 0.3 is 0 Å². The van der Waals surface area contributed by atoms with E-state index in [1.807, 2.05) is 30.3 Å². The van der Waals surface area contributed by atoms with Gasteiger partial charge in [0.05, 0.1) is 25.8 Å². The number of nitrogens with zero attached hydrogens (tertiary/aromatic N) is 2. The van der Waals surface area contributed by atoms with Gasteiger partial charge in [0, 0.05) is 37.3 Å². The summed E-state index contributed by atoms with van der Waals surface area (Å²) in [5.74, 6) is 0. The predicted octanol–water partition coefficient (Wildman–Crippen LogP) is 3.86. The van der Waals surface area contributed by atoms with Gasteiger partial charge in [0.15, 0.2) is 5.11 Å². The number of ether oxygens (including phenoxy) is 1. The highest BCUT2D eigenvalue weighted by atomic mass is 32.1. The molecule has 2 heterocycles. The van der Waals surface area contributed by atoms with E-state index in [4.69, 9.17) is 17.0 Å². The molecule has 1 aliphatic heterocycles. The molecule has 7 heteroatoms. The molecule has 0 radical (unpaired) electrons. The number of aromatic amines is 1. The van der Waals surface area contributed by atoms with Gasteiger partial charge in [-0.1, -0.05) is 43.3 Å². The van der Waals surface area contributed by atoms with Crippen molar-refractivity contribution >= 4 is 28.2 Å². The zero-order valence-electron chi connectivity index (χ0n) is 20.0. The molecule has 0 spiro atoms. The van der Waals surface area contributed by atoms with Crippen molar-refractivity contribution in [3.05, 3.63) is 81.6 Å². The molecule has 34 heavy (non-hydrogen) atoms. The van der Waals surface area contributed by atoms with Crippen LogP contribution in [0.4, 0.5) is 0 Å². The highest BCUT2D eigenvalue weighted by Gasteiger charge is 2.18. The molecule has 180 valence electrons. The van der Waals surface area contributed by atoms with Crippen molar-refractivity contribution in [2.75, 3.05) is 39.4 Å². The van der Waals surface area contributed by atoms with E-state index in [9.17, 15) is 4.79 Å². The average molecular weight is 479 g/mol. The maximum Gasteiger partial charge on any atom is 0.253 e. The molecule has 1 atom stereocenters. The van der Waals surface area contributed by atoms with Crippen LogP contribution in [0.15, 0.2) is 59.4 Å². The summed E-state index contributed by atoms with van der Waals surface area (Å²) in [5, 5.41) is 5.19. The fraction of sp³-hybridized carbons (Fsp3) is 0.407. The van der Waals surface area contributed by atoms with Gasteiger partial charge in [0.1, 0.15) is 0 Å². The van der Waals surface area contributed by atoms with Crippen LogP contribution in [-0.2, 0) is 17.7 Å². The van der Waals surface area contributed by atoms with E-state index in [0.717, 1.165) is 62.3 Å². The second-order valence-electron chi connectivity index (χ2n) is 8.86. The quantitative estimate of drug-likeness (QED) is 0.480. The maximum atomic E-state index is 12.9. The number of hydrogen-bond acceptors (Lipinski definition) is 4. The van der Waals surface area contributed by atoms with Crippen molar-refractivity contribution in [2.45, 2.75) is 32.9 Å². The molecule has 2 N–H and O–H groups in total. The summed E-state index contributed by atoms with van der Waals surface area (Å²) in [5.41, 5.74) is 3.95. The molecule has 2 aromatic carbocycles. The summed E-state index contributed by atoms with van der Waals surface area (Å²) in [6.45, 7) is 9.68. The molecule has 3 aromatic rings. The minimum Gasteiger partial charge on any atom is -0.379 e. The lowest BCUT2D eigenvalue weighted by Crippen LogP contribution is -2.46. The predicted molar refractivity (Wildman–Crippen MR) is 142 cm³/mol. The first kappa shape index (κ1) is 24.4. The van der Waals surface area contributed by atoms with Gasteiger partial charge in [-0.2, -0.15) is 0 Å². The number of fused-ring (bicyclic) bond motifs is 1. The molecule has 1 saturated heterocycles. The fourth-order valence-electron chi connectivity index (χ4n) is 4.29. The summed E-state index contributed by atoms with van der Waals surface area (Å²) in [6, 6.07) is 18.6. The first-order valence-electron chi connectivity index (χ1n) is 12.1. The van der Waals surface area contributed by atoms with Crippen LogP contribution in [0.3, 0.4) is 0 Å². The lowest BCUT2D eigenvalue weighted by molar-refractivity contribution is 0.0357. The molecule has 0 saturated carbocycles. The summed E-state index contributed by atoms with van der Waals surface area (Å²) >= 11 is 5.86. The van der Waals surface area contributed by atoms with Gasteiger partial charge in [-0.05, 0) is 60.3 Å². The van der Waals surface area contributed by atoms with Gasteiger partial charge in [0.2, 0.25) is 0 Å². The number of aryl methyl sites for hydroxylation is 1. The molecular formula is C27H34N4O2S. The van der Waals surface area contributed by atoms with Crippen molar-refractivity contribution in [1.29, 1.82) is 0 Å². The third-order valence-electron chi connectivity index (χ3n) is 6.47. The Morgan fingerprint density at radius 3 is 2.68 bits per heavy atom. The number of rotatable bonds is 8. The molecule has 1 fully saturated rings. The summed E-state index contributed by atoms with van der Waals surface area (Å²) < 4.78 is 5.49. The fourth-order valence-corrected chi connectivity index (χ4v) is 4.62. The Bertz CT molecular complexity index is 1160. The summed E-state index contributed by atoms with van der Waals surface area (Å²) in [6.07, 6.45) is 0.960. The SMILES string of the molecule is CCc1ccc2[nH]c(=O)c(CN(CCN3CCOCC3)C(=S)NC(C)c3ccccc3)cc2c1. The molecule has 0 bridgehead atoms. The van der Waals surface area contributed by atoms with Gasteiger partial charge in [-0.15, -0.1) is 0 Å². The van der Waals surface area contributed by atoms with Gasteiger partial charge in [0.25, 0.3) is 5.56 Å². The van der Waals surface area contributed by atoms with Crippen LogP contribution in [0, 0.1) is 0 Å². The zero-order valence-corrected chi connectivity index (χ0v) is 20.9. The van der Waals surface area contributed by atoms with Crippen molar-refractivity contribution in [3.8, 4) is 0 Å². The average Bonchev–Trinajstić information content (AvgIpc) is 2.87. The van der Waals surface area contributed by atoms with Crippen molar-refractivity contribution < 1.29 is 4.74 Å². The van der Waals surface area contributed by atoms with Crippen molar-refractivity contribution in [3.63, 3.8) is 0 Å². The number of morpholine rings is 1. The van der Waals surface area contributed by atoms with E-state index in [2.05, 4.69) is 58.2 Å². The van der Waals surface area contributed by atoms with Gasteiger partial charge in [-0.25, -0.2) is 0 Å². The molecule has 0 aliphatic carbocycles. The summed E-state index contributed by atoms with van der Waals surface area (Å²) in [7, 11) is 0. The highest BCUT2D eigenvalue weighted by Crippen LogP contribution is 2.16. The van der Waals surface area contributed by atoms with Crippen LogP contribution < -0.4 is 10.9 Å². The highest BCUT2D eigenvalue weighted by molar-refractivity contribution is 7.80. The lowest BCUT2D eigenvalue weighted by Gasteiger charge is -2.32. The number of benzene rings is 2. The van der Waals surface area contributed by atoms with Gasteiger partial charge < -0.3 is 19.9 Å². The number of hydrogen-bond donors (Lipinski definition) is 2. The number of pyridine rings is 1. The number of thiocarbonyl (C=S) groups is 1. The number of H-pyrrole nitrogens is 1. The molecule has 1 aliphatic rings. The first-order valence-corrected chi connectivity index (χ1v) is 12.5. The molecular weight excluding hydrogens is 444 g/mol. The van der Waals surface area contributed by atoms with Crippen molar-refractivity contribution in [2.24, 2.45) is 0 Å². The Morgan fingerprint density at radius 1 is 1.18 bits per heavy atom. The van der Waals surface area contributed by atoms with Crippen LogP contribution >= 0.6 is 12.2 Å². The second-order valence-corrected chi connectivity index (χ2v) is 9.24. The Balaban J connectivity index is 1.54. The third-order valence-corrected chi connectivity index (χ3v) is 6.85. The lowest BCUT2D eigenvalue weighted by atomic mass is 10.1. The number of nitrogens with one attached hydrogen (secondary N) is 2. The van der Waals surface area contributed by atoms with Crippen LogP contribution in [0.2, 0.25) is 0 Å².